The van der Waals surface area contributed by atoms with Crippen LogP contribution in [0.1, 0.15) is 26.2 Å². The van der Waals surface area contributed by atoms with Gasteiger partial charge in [0.1, 0.15) is 11.4 Å². The third kappa shape index (κ3) is 2.15. The Balaban J connectivity index is 1.94. The largest absolute Gasteiger partial charge is 0.492 e. The van der Waals surface area contributed by atoms with E-state index in [2.05, 4.69) is 10.6 Å². The molecule has 1 fully saturated rings. The number of benzene rings is 1. The normalized spacial score (nSPS) is 22.5. The highest BCUT2D eigenvalue weighted by Gasteiger charge is 2.35. The van der Waals surface area contributed by atoms with E-state index < -0.39 is 0 Å². The standard InChI is InChI=1S/C14H18N2O2/c1-2-18-12-5-3-4-10-14(12)16-13(17)8-11(15-10)9-6-7-9/h3-5,9,11,15H,2,6-8H2,1H3,(H,16,17). The average molecular weight is 246 g/mol. The molecule has 0 aromatic heterocycles. The first kappa shape index (κ1) is 11.4. The fourth-order valence-corrected chi connectivity index (χ4v) is 2.48. The van der Waals surface area contributed by atoms with Crippen molar-refractivity contribution in [2.75, 3.05) is 17.2 Å². The molecule has 1 aliphatic carbocycles. The van der Waals surface area contributed by atoms with Gasteiger partial charge in [0.25, 0.3) is 0 Å². The lowest BCUT2D eigenvalue weighted by atomic mass is 10.1. The minimum atomic E-state index is 0.0744. The summed E-state index contributed by atoms with van der Waals surface area (Å²) in [5.41, 5.74) is 1.76. The zero-order valence-electron chi connectivity index (χ0n) is 10.5. The van der Waals surface area contributed by atoms with Crippen LogP contribution in [0, 0.1) is 5.92 Å². The van der Waals surface area contributed by atoms with Crippen molar-refractivity contribution in [1.82, 2.24) is 0 Å². The summed E-state index contributed by atoms with van der Waals surface area (Å²) >= 11 is 0. The van der Waals surface area contributed by atoms with E-state index in [0.717, 1.165) is 17.1 Å². The molecule has 3 rings (SSSR count). The zero-order chi connectivity index (χ0) is 12.5. The van der Waals surface area contributed by atoms with E-state index in [0.29, 0.717) is 18.9 Å². The van der Waals surface area contributed by atoms with Crippen LogP contribution in [0.15, 0.2) is 18.2 Å². The Morgan fingerprint density at radius 1 is 1.39 bits per heavy atom. The second-order valence-corrected chi connectivity index (χ2v) is 4.95. The molecule has 4 heteroatoms. The fourth-order valence-electron chi connectivity index (χ4n) is 2.48. The minimum Gasteiger partial charge on any atom is -0.492 e. The molecule has 96 valence electrons. The number of amides is 1. The van der Waals surface area contributed by atoms with Crippen LogP contribution in [-0.2, 0) is 4.79 Å². The van der Waals surface area contributed by atoms with Crippen molar-refractivity contribution in [2.45, 2.75) is 32.2 Å². The second kappa shape index (κ2) is 4.52. The van der Waals surface area contributed by atoms with Gasteiger partial charge < -0.3 is 15.4 Å². The predicted molar refractivity (Wildman–Crippen MR) is 71.0 cm³/mol. The maximum atomic E-state index is 11.9. The summed E-state index contributed by atoms with van der Waals surface area (Å²) < 4.78 is 5.56. The molecule has 0 spiro atoms. The van der Waals surface area contributed by atoms with Gasteiger partial charge in [-0.2, -0.15) is 0 Å². The van der Waals surface area contributed by atoms with Crippen LogP contribution < -0.4 is 15.4 Å². The molecule has 1 atom stereocenters. The van der Waals surface area contributed by atoms with E-state index in [1.165, 1.54) is 12.8 Å². The molecular weight excluding hydrogens is 228 g/mol. The minimum absolute atomic E-state index is 0.0744. The van der Waals surface area contributed by atoms with Crippen LogP contribution in [0.2, 0.25) is 0 Å². The van der Waals surface area contributed by atoms with Gasteiger partial charge in [0.05, 0.1) is 12.3 Å². The third-order valence-electron chi connectivity index (χ3n) is 3.53. The zero-order valence-corrected chi connectivity index (χ0v) is 10.5. The lowest BCUT2D eigenvalue weighted by Crippen LogP contribution is -2.24. The van der Waals surface area contributed by atoms with Crippen LogP contribution in [-0.4, -0.2) is 18.6 Å². The van der Waals surface area contributed by atoms with Crippen molar-refractivity contribution in [2.24, 2.45) is 5.92 Å². The number of fused-ring (bicyclic) bond motifs is 1. The summed E-state index contributed by atoms with van der Waals surface area (Å²) in [5, 5.41) is 6.45. The molecule has 1 aromatic rings. The Bertz CT molecular complexity index is 469. The number of nitrogens with one attached hydrogen (secondary N) is 2. The first-order chi connectivity index (χ1) is 8.78. The highest BCUT2D eigenvalue weighted by molar-refractivity contribution is 5.98. The monoisotopic (exact) mass is 246 g/mol. The molecular formula is C14H18N2O2. The van der Waals surface area contributed by atoms with Crippen LogP contribution in [0.3, 0.4) is 0 Å². The van der Waals surface area contributed by atoms with E-state index in [4.69, 9.17) is 4.74 Å². The van der Waals surface area contributed by atoms with E-state index in [1.54, 1.807) is 0 Å². The van der Waals surface area contributed by atoms with E-state index >= 15 is 0 Å². The van der Waals surface area contributed by atoms with Crippen LogP contribution in [0.5, 0.6) is 5.75 Å². The van der Waals surface area contributed by atoms with Crippen LogP contribution >= 0.6 is 0 Å². The summed E-state index contributed by atoms with van der Waals surface area (Å²) in [6, 6.07) is 6.11. The molecule has 2 N–H and O–H groups in total. The lowest BCUT2D eigenvalue weighted by Gasteiger charge is -2.17. The van der Waals surface area contributed by atoms with Crippen molar-refractivity contribution in [1.29, 1.82) is 0 Å². The number of hydrogen-bond donors (Lipinski definition) is 2. The number of rotatable bonds is 3. The lowest BCUT2D eigenvalue weighted by molar-refractivity contribution is -0.116. The number of hydrogen-bond acceptors (Lipinski definition) is 3. The van der Waals surface area contributed by atoms with Crippen molar-refractivity contribution >= 4 is 17.3 Å². The number of ether oxygens (including phenoxy) is 1. The van der Waals surface area contributed by atoms with Crippen molar-refractivity contribution in [3.05, 3.63) is 18.2 Å². The van der Waals surface area contributed by atoms with Gasteiger partial charge >= 0.3 is 0 Å². The Morgan fingerprint density at radius 2 is 2.22 bits per heavy atom. The highest BCUT2D eigenvalue weighted by atomic mass is 16.5. The van der Waals surface area contributed by atoms with Gasteiger partial charge in [-0.25, -0.2) is 0 Å². The second-order valence-electron chi connectivity index (χ2n) is 4.95. The molecule has 0 saturated heterocycles. The summed E-state index contributed by atoms with van der Waals surface area (Å²) in [4.78, 5) is 11.9. The van der Waals surface area contributed by atoms with Crippen molar-refractivity contribution in [3.63, 3.8) is 0 Å². The summed E-state index contributed by atoms with van der Waals surface area (Å²) in [6.07, 6.45) is 3.00. The molecule has 1 saturated carbocycles. The quantitative estimate of drug-likeness (QED) is 0.862. The molecule has 0 radical (unpaired) electrons. The van der Waals surface area contributed by atoms with Gasteiger partial charge in [0, 0.05) is 12.5 Å². The molecule has 1 amide bonds. The van der Waals surface area contributed by atoms with Crippen molar-refractivity contribution < 1.29 is 9.53 Å². The number of para-hydroxylation sites is 1. The fraction of sp³-hybridized carbons (Fsp3) is 0.500. The Kier molecular flexibility index (Phi) is 2.86. The Morgan fingerprint density at radius 3 is 2.94 bits per heavy atom. The molecule has 4 nitrogen and oxygen atoms in total. The van der Waals surface area contributed by atoms with Crippen LogP contribution in [0.4, 0.5) is 11.4 Å². The van der Waals surface area contributed by atoms with Gasteiger partial charge in [-0.3, -0.25) is 4.79 Å². The maximum absolute atomic E-state index is 11.9. The van der Waals surface area contributed by atoms with Gasteiger partial charge in [0.2, 0.25) is 5.91 Å². The Hall–Kier alpha value is -1.71. The summed E-state index contributed by atoms with van der Waals surface area (Å²) in [6.45, 7) is 2.54. The Labute approximate surface area is 107 Å². The van der Waals surface area contributed by atoms with Gasteiger partial charge in [-0.05, 0) is 37.8 Å². The van der Waals surface area contributed by atoms with E-state index in [-0.39, 0.29) is 11.9 Å². The van der Waals surface area contributed by atoms with E-state index in [1.807, 2.05) is 25.1 Å². The third-order valence-corrected chi connectivity index (χ3v) is 3.53. The molecule has 1 heterocycles. The average Bonchev–Trinajstić information content (AvgIpc) is 3.15. The first-order valence-corrected chi connectivity index (χ1v) is 6.60. The van der Waals surface area contributed by atoms with E-state index in [9.17, 15) is 4.79 Å². The smallest absolute Gasteiger partial charge is 0.226 e. The topological polar surface area (TPSA) is 50.4 Å². The van der Waals surface area contributed by atoms with Crippen LogP contribution in [0.25, 0.3) is 0 Å². The predicted octanol–water partition coefficient (Wildman–Crippen LogP) is 2.62. The van der Waals surface area contributed by atoms with Gasteiger partial charge in [-0.1, -0.05) is 6.07 Å². The summed E-state index contributed by atoms with van der Waals surface area (Å²) in [5.74, 6) is 1.47. The molecule has 1 aromatic carbocycles. The SMILES string of the molecule is CCOc1cccc2c1NC(=O)CC(C1CC1)N2. The number of anilines is 2. The highest BCUT2D eigenvalue weighted by Crippen LogP contribution is 2.41. The summed E-state index contributed by atoms with van der Waals surface area (Å²) in [7, 11) is 0. The van der Waals surface area contributed by atoms with Crippen molar-refractivity contribution in [3.8, 4) is 5.75 Å². The van der Waals surface area contributed by atoms with Gasteiger partial charge in [-0.15, -0.1) is 0 Å². The van der Waals surface area contributed by atoms with Gasteiger partial charge in [0.15, 0.2) is 0 Å². The molecule has 2 aliphatic rings. The first-order valence-electron chi connectivity index (χ1n) is 6.60. The number of carbonyl (C=O) groups is 1. The molecule has 0 bridgehead atoms. The maximum Gasteiger partial charge on any atom is 0.226 e. The molecule has 1 aliphatic heterocycles. The molecule has 1 unspecified atom stereocenters. The molecule has 18 heavy (non-hydrogen) atoms. The number of carbonyl (C=O) groups excluding carboxylic acids is 1.